The first-order valence-electron chi connectivity index (χ1n) is 8.03. The molecule has 23 heavy (non-hydrogen) atoms. The zero-order valence-corrected chi connectivity index (χ0v) is 13.3. The molecule has 0 saturated carbocycles. The molecule has 0 aliphatic carbocycles. The summed E-state index contributed by atoms with van der Waals surface area (Å²) < 4.78 is 10.5. The zero-order valence-electron chi connectivity index (χ0n) is 13.3. The van der Waals surface area contributed by atoms with Crippen molar-refractivity contribution in [2.24, 2.45) is 0 Å². The number of rotatable bonds is 5. The van der Waals surface area contributed by atoms with Crippen LogP contribution in [0.3, 0.4) is 0 Å². The van der Waals surface area contributed by atoms with E-state index in [1.54, 1.807) is 0 Å². The number of hydrogen-bond donors (Lipinski definition) is 0. The van der Waals surface area contributed by atoms with E-state index < -0.39 is 0 Å². The minimum absolute atomic E-state index is 0.170. The van der Waals surface area contributed by atoms with E-state index in [9.17, 15) is 4.79 Å². The Kier molecular flexibility index (Phi) is 5.02. The number of aromatic nitrogens is 2. The molecule has 122 valence electrons. The van der Waals surface area contributed by atoms with Gasteiger partial charge < -0.3 is 9.26 Å². The highest BCUT2D eigenvalue weighted by atomic mass is 16.5. The molecule has 0 unspecified atom stereocenters. The Bertz CT molecular complexity index is 642. The number of carbonyl (C=O) groups is 1. The molecular weight excluding hydrogens is 294 g/mol. The van der Waals surface area contributed by atoms with Crippen molar-refractivity contribution >= 4 is 5.97 Å². The molecule has 2 heterocycles. The molecule has 2 aromatic rings. The van der Waals surface area contributed by atoms with Crippen LogP contribution in [0.2, 0.25) is 0 Å². The maximum absolute atomic E-state index is 11.6. The van der Waals surface area contributed by atoms with Crippen LogP contribution in [0.5, 0.6) is 0 Å². The van der Waals surface area contributed by atoms with E-state index in [0.717, 1.165) is 31.5 Å². The lowest BCUT2D eigenvalue weighted by molar-refractivity contribution is -0.144. The second-order valence-corrected chi connectivity index (χ2v) is 5.70. The highest BCUT2D eigenvalue weighted by Gasteiger charge is 2.27. The quantitative estimate of drug-likeness (QED) is 0.790. The van der Waals surface area contributed by atoms with Crippen molar-refractivity contribution < 1.29 is 14.1 Å². The molecule has 1 fully saturated rings. The predicted octanol–water partition coefficient (Wildman–Crippen LogP) is 2.48. The third kappa shape index (κ3) is 3.96. The van der Waals surface area contributed by atoms with E-state index in [-0.39, 0.29) is 11.9 Å². The summed E-state index contributed by atoms with van der Waals surface area (Å²) >= 11 is 0. The lowest BCUT2D eigenvalue weighted by Crippen LogP contribution is -2.38. The largest absolute Gasteiger partial charge is 0.465 e. The fourth-order valence-electron chi connectivity index (χ4n) is 2.90. The lowest BCUT2D eigenvalue weighted by Gasteiger charge is -2.29. The summed E-state index contributed by atoms with van der Waals surface area (Å²) in [5.74, 6) is 1.26. The van der Waals surface area contributed by atoms with Crippen molar-refractivity contribution in [1.82, 2.24) is 15.0 Å². The van der Waals surface area contributed by atoms with Gasteiger partial charge in [0.05, 0.1) is 19.1 Å². The van der Waals surface area contributed by atoms with Crippen molar-refractivity contribution in [2.75, 3.05) is 26.2 Å². The molecule has 1 aromatic carbocycles. The number of carbonyl (C=O) groups excluding carboxylic acids is 1. The predicted molar refractivity (Wildman–Crippen MR) is 84.8 cm³/mol. The summed E-state index contributed by atoms with van der Waals surface area (Å²) in [5, 5.41) is 4.08. The van der Waals surface area contributed by atoms with Crippen molar-refractivity contribution in [3.63, 3.8) is 0 Å². The van der Waals surface area contributed by atoms with Crippen LogP contribution in [0.15, 0.2) is 34.9 Å². The van der Waals surface area contributed by atoms with E-state index in [2.05, 4.69) is 15.0 Å². The van der Waals surface area contributed by atoms with Gasteiger partial charge in [-0.15, -0.1) is 0 Å². The Labute approximate surface area is 135 Å². The van der Waals surface area contributed by atoms with Crippen molar-refractivity contribution in [3.05, 3.63) is 36.2 Å². The van der Waals surface area contributed by atoms with E-state index >= 15 is 0 Å². The molecule has 1 atom stereocenters. The Morgan fingerprint density at radius 1 is 1.39 bits per heavy atom. The molecule has 0 N–H and O–H groups in total. The van der Waals surface area contributed by atoms with Gasteiger partial charge in [-0.05, 0) is 26.3 Å². The van der Waals surface area contributed by atoms with Crippen molar-refractivity contribution in [1.29, 1.82) is 0 Å². The molecule has 1 aromatic heterocycles. The molecule has 0 bridgehead atoms. The molecular formula is C17H21N3O3. The van der Waals surface area contributed by atoms with E-state index in [4.69, 9.17) is 9.26 Å². The highest BCUT2D eigenvalue weighted by Crippen LogP contribution is 2.27. The first-order chi connectivity index (χ1) is 11.3. The maximum Gasteiger partial charge on any atom is 0.320 e. The number of piperidine rings is 1. The monoisotopic (exact) mass is 315 g/mol. The number of esters is 1. The van der Waals surface area contributed by atoms with Crippen LogP contribution in [0.25, 0.3) is 11.4 Å². The van der Waals surface area contributed by atoms with Crippen LogP contribution >= 0.6 is 0 Å². The average molecular weight is 315 g/mol. The fourth-order valence-corrected chi connectivity index (χ4v) is 2.90. The Morgan fingerprint density at radius 3 is 3.00 bits per heavy atom. The molecule has 0 spiro atoms. The van der Waals surface area contributed by atoms with E-state index in [0.29, 0.717) is 24.9 Å². The smallest absolute Gasteiger partial charge is 0.320 e. The van der Waals surface area contributed by atoms with Crippen LogP contribution in [0.1, 0.15) is 31.6 Å². The highest BCUT2D eigenvalue weighted by molar-refractivity contribution is 5.71. The third-order valence-corrected chi connectivity index (χ3v) is 3.99. The minimum Gasteiger partial charge on any atom is -0.465 e. The van der Waals surface area contributed by atoms with Crippen LogP contribution in [0, 0.1) is 0 Å². The lowest BCUT2D eigenvalue weighted by atomic mass is 9.98. The van der Waals surface area contributed by atoms with Gasteiger partial charge in [0.25, 0.3) is 0 Å². The SMILES string of the molecule is CCOC(=O)CN1CCC[C@H](c2nc(-c3ccccc3)no2)C1. The van der Waals surface area contributed by atoms with Gasteiger partial charge in [0, 0.05) is 12.1 Å². The number of hydrogen-bond acceptors (Lipinski definition) is 6. The fraction of sp³-hybridized carbons (Fsp3) is 0.471. The maximum atomic E-state index is 11.6. The summed E-state index contributed by atoms with van der Waals surface area (Å²) in [4.78, 5) is 18.3. The van der Waals surface area contributed by atoms with Crippen LogP contribution in [-0.2, 0) is 9.53 Å². The minimum atomic E-state index is -0.177. The Balaban J connectivity index is 1.65. The summed E-state index contributed by atoms with van der Waals surface area (Å²) in [6.45, 7) is 4.20. The normalized spacial score (nSPS) is 18.7. The molecule has 6 heteroatoms. The first kappa shape index (κ1) is 15.7. The summed E-state index contributed by atoms with van der Waals surface area (Å²) in [5.41, 5.74) is 0.946. The standard InChI is InChI=1S/C17H21N3O3/c1-2-22-15(21)12-20-10-6-9-14(11-20)17-18-16(19-23-17)13-7-4-3-5-8-13/h3-5,7-8,14H,2,6,9-12H2,1H3/t14-/m0/s1. The van der Waals surface area contributed by atoms with E-state index in [1.165, 1.54) is 0 Å². The van der Waals surface area contributed by atoms with Crippen LogP contribution in [-0.4, -0.2) is 47.3 Å². The van der Waals surface area contributed by atoms with Crippen molar-refractivity contribution in [3.8, 4) is 11.4 Å². The van der Waals surface area contributed by atoms with Gasteiger partial charge in [0.2, 0.25) is 11.7 Å². The van der Waals surface area contributed by atoms with Gasteiger partial charge >= 0.3 is 5.97 Å². The Morgan fingerprint density at radius 2 is 2.22 bits per heavy atom. The second-order valence-electron chi connectivity index (χ2n) is 5.70. The summed E-state index contributed by atoms with van der Waals surface area (Å²) in [6, 6.07) is 9.78. The topological polar surface area (TPSA) is 68.5 Å². The average Bonchev–Trinajstić information content (AvgIpc) is 3.06. The van der Waals surface area contributed by atoms with Gasteiger partial charge in [-0.2, -0.15) is 4.98 Å². The number of ether oxygens (including phenoxy) is 1. The zero-order chi connectivity index (χ0) is 16.1. The molecule has 0 radical (unpaired) electrons. The summed E-state index contributed by atoms with van der Waals surface area (Å²) in [7, 11) is 0. The number of benzene rings is 1. The molecule has 1 saturated heterocycles. The van der Waals surface area contributed by atoms with Crippen LogP contribution in [0.4, 0.5) is 0 Å². The number of nitrogens with zero attached hydrogens (tertiary/aromatic N) is 3. The van der Waals surface area contributed by atoms with Crippen molar-refractivity contribution in [2.45, 2.75) is 25.7 Å². The molecule has 1 aliphatic rings. The molecule has 3 rings (SSSR count). The van der Waals surface area contributed by atoms with Gasteiger partial charge in [-0.25, -0.2) is 0 Å². The van der Waals surface area contributed by atoms with E-state index in [1.807, 2.05) is 37.3 Å². The van der Waals surface area contributed by atoms with Gasteiger partial charge in [-0.1, -0.05) is 35.5 Å². The third-order valence-electron chi connectivity index (χ3n) is 3.99. The summed E-state index contributed by atoms with van der Waals surface area (Å²) in [6.07, 6.45) is 2.00. The van der Waals surface area contributed by atoms with Crippen LogP contribution < -0.4 is 0 Å². The second kappa shape index (κ2) is 7.37. The Hall–Kier alpha value is -2.21. The van der Waals surface area contributed by atoms with Gasteiger partial charge in [0.15, 0.2) is 0 Å². The van der Waals surface area contributed by atoms with Gasteiger partial charge in [0.1, 0.15) is 0 Å². The number of likely N-dealkylation sites (tertiary alicyclic amines) is 1. The first-order valence-corrected chi connectivity index (χ1v) is 8.03. The van der Waals surface area contributed by atoms with Gasteiger partial charge in [-0.3, -0.25) is 9.69 Å². The molecule has 6 nitrogen and oxygen atoms in total. The molecule has 1 aliphatic heterocycles. The molecule has 0 amide bonds.